The minimum absolute atomic E-state index is 0.0909. The summed E-state index contributed by atoms with van der Waals surface area (Å²) in [7, 11) is 1.62. The number of amides is 2. The molecule has 2 aromatic carbocycles. The Morgan fingerprint density at radius 3 is 2.58 bits per heavy atom. The quantitative estimate of drug-likeness (QED) is 0.464. The summed E-state index contributed by atoms with van der Waals surface area (Å²) in [5.41, 5.74) is 0.938. The predicted octanol–water partition coefficient (Wildman–Crippen LogP) is 3.36. The van der Waals surface area contributed by atoms with Gasteiger partial charge in [-0.2, -0.15) is 0 Å². The number of methoxy groups -OCH3 is 1. The van der Waals surface area contributed by atoms with Crippen LogP contribution in [-0.4, -0.2) is 66.4 Å². The first-order chi connectivity index (χ1) is 15.9. The summed E-state index contributed by atoms with van der Waals surface area (Å²) in [4.78, 5) is 39.6. The van der Waals surface area contributed by atoms with Crippen molar-refractivity contribution in [3.05, 3.63) is 63.2 Å². The molecule has 0 unspecified atom stereocenters. The van der Waals surface area contributed by atoms with E-state index in [1.165, 1.54) is 18.2 Å². The summed E-state index contributed by atoms with van der Waals surface area (Å²) in [6, 6.07) is 11.8. The van der Waals surface area contributed by atoms with Crippen molar-refractivity contribution in [2.45, 2.75) is 19.3 Å². The number of halogens is 1. The summed E-state index contributed by atoms with van der Waals surface area (Å²) in [5, 5.41) is 14.0. The van der Waals surface area contributed by atoms with E-state index < -0.39 is 4.92 Å². The lowest BCUT2D eigenvalue weighted by atomic mass is 10.1. The molecule has 0 radical (unpaired) electrons. The van der Waals surface area contributed by atoms with E-state index in [4.69, 9.17) is 16.3 Å². The van der Waals surface area contributed by atoms with Gasteiger partial charge in [-0.25, -0.2) is 0 Å². The second-order valence-corrected chi connectivity index (χ2v) is 8.26. The fourth-order valence-corrected chi connectivity index (χ4v) is 3.90. The van der Waals surface area contributed by atoms with Crippen molar-refractivity contribution in [2.75, 3.05) is 45.2 Å². The Labute approximate surface area is 197 Å². The number of hydrogen-bond acceptors (Lipinski definition) is 6. The smallest absolute Gasteiger partial charge is 0.294 e. The molecule has 1 fully saturated rings. The van der Waals surface area contributed by atoms with Gasteiger partial charge < -0.3 is 15.0 Å². The Morgan fingerprint density at radius 2 is 1.88 bits per heavy atom. The van der Waals surface area contributed by atoms with E-state index in [-0.39, 0.29) is 34.8 Å². The van der Waals surface area contributed by atoms with E-state index in [0.717, 1.165) is 17.7 Å². The molecule has 1 saturated heterocycles. The van der Waals surface area contributed by atoms with Crippen LogP contribution in [0.15, 0.2) is 42.5 Å². The number of nitro benzene ring substituents is 1. The number of nitrogens with zero attached hydrogens (tertiary/aromatic N) is 3. The molecular formula is C23H27ClN4O5. The number of nitro groups is 1. The molecule has 1 aliphatic heterocycles. The van der Waals surface area contributed by atoms with E-state index in [9.17, 15) is 19.7 Å². The van der Waals surface area contributed by atoms with E-state index >= 15 is 0 Å². The normalized spacial score (nSPS) is 14.4. The number of ether oxygens (including phenoxy) is 1. The molecular weight excluding hydrogens is 448 g/mol. The van der Waals surface area contributed by atoms with Crippen molar-refractivity contribution in [1.29, 1.82) is 0 Å². The Morgan fingerprint density at radius 1 is 1.12 bits per heavy atom. The third kappa shape index (κ3) is 7.16. The zero-order valence-electron chi connectivity index (χ0n) is 18.5. The molecule has 33 heavy (non-hydrogen) atoms. The van der Waals surface area contributed by atoms with Gasteiger partial charge in [-0.1, -0.05) is 23.7 Å². The van der Waals surface area contributed by atoms with Gasteiger partial charge >= 0.3 is 0 Å². The molecule has 1 N–H and O–H groups in total. The highest BCUT2D eigenvalue weighted by atomic mass is 35.5. The standard InChI is InChI=1S/C23H27ClN4O5/c1-33-19-7-3-17(4-8-19)5-10-23(30)27-12-2-11-26(13-14-27)16-22(29)25-20-9-6-18(24)15-21(20)28(31)32/h3-4,6-9,15H,2,5,10-14,16H2,1H3,(H,25,29). The molecule has 0 aliphatic carbocycles. The van der Waals surface area contributed by atoms with Crippen LogP contribution < -0.4 is 10.1 Å². The Kier molecular flexibility index (Phi) is 8.62. The highest BCUT2D eigenvalue weighted by molar-refractivity contribution is 6.31. The number of anilines is 1. The van der Waals surface area contributed by atoms with Gasteiger partial charge in [-0.3, -0.25) is 24.6 Å². The fraction of sp³-hybridized carbons (Fsp3) is 0.391. The lowest BCUT2D eigenvalue weighted by Gasteiger charge is -2.22. The second-order valence-electron chi connectivity index (χ2n) is 7.83. The molecule has 0 saturated carbocycles. The van der Waals surface area contributed by atoms with Gasteiger partial charge in [0.25, 0.3) is 5.69 Å². The predicted molar refractivity (Wildman–Crippen MR) is 126 cm³/mol. The van der Waals surface area contributed by atoms with Crippen LogP contribution in [0.4, 0.5) is 11.4 Å². The minimum atomic E-state index is -0.580. The van der Waals surface area contributed by atoms with Gasteiger partial charge in [-0.05, 0) is 42.7 Å². The monoisotopic (exact) mass is 474 g/mol. The van der Waals surface area contributed by atoms with Gasteiger partial charge in [0.2, 0.25) is 11.8 Å². The van der Waals surface area contributed by atoms with E-state index in [0.29, 0.717) is 39.0 Å². The topological polar surface area (TPSA) is 105 Å². The molecule has 0 aromatic heterocycles. The van der Waals surface area contributed by atoms with Crippen molar-refractivity contribution in [1.82, 2.24) is 9.80 Å². The summed E-state index contributed by atoms with van der Waals surface area (Å²) in [6.07, 6.45) is 1.83. The number of nitrogens with one attached hydrogen (secondary N) is 1. The zero-order valence-corrected chi connectivity index (χ0v) is 19.2. The maximum absolute atomic E-state index is 12.7. The van der Waals surface area contributed by atoms with Gasteiger partial charge in [0, 0.05) is 43.7 Å². The third-order valence-electron chi connectivity index (χ3n) is 5.53. The molecule has 0 spiro atoms. The molecule has 10 heteroatoms. The van der Waals surface area contributed by atoms with Crippen LogP contribution in [0.25, 0.3) is 0 Å². The average Bonchev–Trinajstić information content (AvgIpc) is 3.04. The van der Waals surface area contributed by atoms with E-state index in [1.807, 2.05) is 34.1 Å². The highest BCUT2D eigenvalue weighted by Crippen LogP contribution is 2.27. The molecule has 2 aromatic rings. The van der Waals surface area contributed by atoms with Gasteiger partial charge in [0.1, 0.15) is 11.4 Å². The molecule has 1 aliphatic rings. The minimum Gasteiger partial charge on any atom is -0.497 e. The zero-order chi connectivity index (χ0) is 23.8. The lowest BCUT2D eigenvalue weighted by Crippen LogP contribution is -2.38. The number of carbonyl (C=O) groups excluding carboxylic acids is 2. The Balaban J connectivity index is 1.48. The molecule has 2 amide bonds. The van der Waals surface area contributed by atoms with Crippen LogP contribution in [0.5, 0.6) is 5.75 Å². The van der Waals surface area contributed by atoms with Crippen LogP contribution in [0, 0.1) is 10.1 Å². The van der Waals surface area contributed by atoms with Crippen LogP contribution in [-0.2, 0) is 16.0 Å². The van der Waals surface area contributed by atoms with E-state index in [2.05, 4.69) is 5.32 Å². The summed E-state index contributed by atoms with van der Waals surface area (Å²) >= 11 is 5.82. The second kappa shape index (κ2) is 11.6. The highest BCUT2D eigenvalue weighted by Gasteiger charge is 2.22. The average molecular weight is 475 g/mol. The van der Waals surface area contributed by atoms with Crippen LogP contribution in [0.2, 0.25) is 5.02 Å². The third-order valence-corrected chi connectivity index (χ3v) is 5.76. The van der Waals surface area contributed by atoms with Crippen LogP contribution in [0.3, 0.4) is 0 Å². The molecule has 3 rings (SSSR count). The van der Waals surface area contributed by atoms with Crippen LogP contribution in [0.1, 0.15) is 18.4 Å². The molecule has 0 bridgehead atoms. The first-order valence-electron chi connectivity index (χ1n) is 10.7. The van der Waals surface area contributed by atoms with Crippen molar-refractivity contribution in [3.63, 3.8) is 0 Å². The van der Waals surface area contributed by atoms with E-state index in [1.54, 1.807) is 7.11 Å². The first kappa shape index (κ1) is 24.5. The SMILES string of the molecule is COc1ccc(CCC(=O)N2CCCN(CC(=O)Nc3ccc(Cl)cc3[N+](=O)[O-])CC2)cc1. The van der Waals surface area contributed by atoms with Gasteiger partial charge in [0.15, 0.2) is 0 Å². The van der Waals surface area contributed by atoms with Gasteiger partial charge in [-0.15, -0.1) is 0 Å². The number of hydrogen-bond donors (Lipinski definition) is 1. The van der Waals surface area contributed by atoms with Crippen LogP contribution >= 0.6 is 11.6 Å². The molecule has 0 atom stereocenters. The summed E-state index contributed by atoms with van der Waals surface area (Å²) < 4.78 is 5.15. The maximum atomic E-state index is 12.7. The van der Waals surface area contributed by atoms with Gasteiger partial charge in [0.05, 0.1) is 18.6 Å². The Bertz CT molecular complexity index is 999. The number of benzene rings is 2. The number of aryl methyl sites for hydroxylation is 1. The maximum Gasteiger partial charge on any atom is 0.294 e. The first-order valence-corrected chi connectivity index (χ1v) is 11.1. The fourth-order valence-electron chi connectivity index (χ4n) is 3.73. The molecule has 1 heterocycles. The molecule has 9 nitrogen and oxygen atoms in total. The lowest BCUT2D eigenvalue weighted by molar-refractivity contribution is -0.383. The Hall–Kier alpha value is -3.17. The summed E-state index contributed by atoms with van der Waals surface area (Å²) in [6.45, 7) is 2.49. The number of carbonyl (C=O) groups is 2. The molecule has 176 valence electrons. The largest absolute Gasteiger partial charge is 0.497 e. The number of rotatable bonds is 8. The van der Waals surface area contributed by atoms with Crippen molar-refractivity contribution in [2.24, 2.45) is 0 Å². The van der Waals surface area contributed by atoms with Crippen molar-refractivity contribution in [3.8, 4) is 5.75 Å². The summed E-state index contributed by atoms with van der Waals surface area (Å²) in [5.74, 6) is 0.529. The van der Waals surface area contributed by atoms with Crippen molar-refractivity contribution >= 4 is 34.8 Å². The van der Waals surface area contributed by atoms with Crippen molar-refractivity contribution < 1.29 is 19.2 Å².